The molecule has 1 amide bonds. The van der Waals surface area contributed by atoms with Crippen LogP contribution in [0.15, 0.2) is 24.3 Å². The Kier molecular flexibility index (Phi) is 6.13. The normalized spacial score (nSPS) is 13.7. The molecule has 1 aromatic rings. The van der Waals surface area contributed by atoms with E-state index in [0.29, 0.717) is 5.56 Å². The second kappa shape index (κ2) is 7.63. The number of hydrogen-bond donors (Lipinski definition) is 2. The molecule has 8 heteroatoms. The predicted octanol–water partition coefficient (Wildman–Crippen LogP) is 2.37. The number of carbonyl (C=O) groups is 2. The number of carboxylic acids is 1. The van der Waals surface area contributed by atoms with Gasteiger partial charge in [-0.25, -0.2) is 4.79 Å². The van der Waals surface area contributed by atoms with Gasteiger partial charge in [0, 0.05) is 12.3 Å². The van der Waals surface area contributed by atoms with E-state index in [2.05, 4.69) is 5.32 Å². The summed E-state index contributed by atoms with van der Waals surface area (Å²) in [6.07, 6.45) is -4.75. The number of nitriles is 1. The maximum atomic E-state index is 12.4. The molecule has 0 aliphatic rings. The van der Waals surface area contributed by atoms with Crippen LogP contribution in [0.5, 0.6) is 0 Å². The summed E-state index contributed by atoms with van der Waals surface area (Å²) in [5, 5.41) is 19.9. The lowest BCUT2D eigenvalue weighted by atomic mass is 9.98. The van der Waals surface area contributed by atoms with Crippen LogP contribution in [0.4, 0.5) is 13.2 Å². The fourth-order valence-corrected chi connectivity index (χ4v) is 1.93. The summed E-state index contributed by atoms with van der Waals surface area (Å²) >= 11 is 0. The summed E-state index contributed by atoms with van der Waals surface area (Å²) in [4.78, 5) is 22.9. The summed E-state index contributed by atoms with van der Waals surface area (Å²) in [7, 11) is 0. The van der Waals surface area contributed by atoms with Gasteiger partial charge in [-0.2, -0.15) is 18.4 Å². The Morgan fingerprint density at radius 1 is 1.30 bits per heavy atom. The first-order chi connectivity index (χ1) is 10.6. The van der Waals surface area contributed by atoms with E-state index in [1.165, 1.54) is 6.92 Å². The zero-order valence-electron chi connectivity index (χ0n) is 12.2. The largest absolute Gasteiger partial charge is 0.480 e. The minimum Gasteiger partial charge on any atom is -0.480 e. The molecule has 23 heavy (non-hydrogen) atoms. The standard InChI is InChI=1S/C15H15F3N2O3/c1-9(6-7-19)13(14(22)23)20-12(21)8-10-2-4-11(5-3-10)15(16,17)18/h2-5,9,13H,6,8H2,1H3,(H,20,21)(H,22,23)/t9-,13+/m1/s1. The quantitative estimate of drug-likeness (QED) is 0.839. The van der Waals surface area contributed by atoms with Crippen LogP contribution in [0, 0.1) is 17.2 Å². The molecule has 0 aromatic heterocycles. The molecule has 1 rings (SSSR count). The van der Waals surface area contributed by atoms with Crippen LogP contribution in [0.1, 0.15) is 24.5 Å². The SMILES string of the molecule is C[C@H](CC#N)[C@H](NC(=O)Cc1ccc(C(F)(F)F)cc1)C(=O)O. The molecule has 0 saturated carbocycles. The van der Waals surface area contributed by atoms with E-state index in [0.717, 1.165) is 24.3 Å². The monoisotopic (exact) mass is 328 g/mol. The summed E-state index contributed by atoms with van der Waals surface area (Å²) in [6, 6.07) is 4.64. The molecule has 0 radical (unpaired) electrons. The molecule has 2 N–H and O–H groups in total. The van der Waals surface area contributed by atoms with Crippen molar-refractivity contribution in [2.75, 3.05) is 0 Å². The summed E-state index contributed by atoms with van der Waals surface area (Å²) in [5.74, 6) is -2.50. The highest BCUT2D eigenvalue weighted by atomic mass is 19.4. The molecule has 1 aromatic carbocycles. The highest BCUT2D eigenvalue weighted by Gasteiger charge is 2.30. The fraction of sp³-hybridized carbons (Fsp3) is 0.400. The maximum Gasteiger partial charge on any atom is 0.416 e. The first kappa shape index (κ1) is 18.5. The van der Waals surface area contributed by atoms with Gasteiger partial charge in [0.1, 0.15) is 6.04 Å². The van der Waals surface area contributed by atoms with E-state index in [1.54, 1.807) is 0 Å². The molecule has 124 valence electrons. The third-order valence-electron chi connectivity index (χ3n) is 3.21. The molecule has 2 atom stereocenters. The summed E-state index contributed by atoms with van der Waals surface area (Å²) < 4.78 is 37.3. The minimum atomic E-state index is -4.46. The van der Waals surface area contributed by atoms with E-state index in [-0.39, 0.29) is 12.8 Å². The van der Waals surface area contributed by atoms with Gasteiger partial charge in [-0.05, 0) is 17.7 Å². The Morgan fingerprint density at radius 3 is 2.30 bits per heavy atom. The molecule has 0 saturated heterocycles. The number of alkyl halides is 3. The van der Waals surface area contributed by atoms with Gasteiger partial charge in [-0.1, -0.05) is 19.1 Å². The number of halogens is 3. The average molecular weight is 328 g/mol. The number of nitrogens with zero attached hydrogens (tertiary/aromatic N) is 1. The van der Waals surface area contributed by atoms with Crippen molar-refractivity contribution < 1.29 is 27.9 Å². The Bertz CT molecular complexity index is 606. The minimum absolute atomic E-state index is 0.0441. The molecule has 0 fully saturated rings. The van der Waals surface area contributed by atoms with Crippen LogP contribution in [0.2, 0.25) is 0 Å². The Balaban J connectivity index is 2.72. The number of carbonyl (C=O) groups excluding carboxylic acids is 1. The number of aliphatic carboxylic acids is 1. The number of amides is 1. The first-order valence-corrected chi connectivity index (χ1v) is 6.70. The van der Waals surface area contributed by atoms with Crippen LogP contribution >= 0.6 is 0 Å². The van der Waals surface area contributed by atoms with Crippen LogP contribution < -0.4 is 5.32 Å². The van der Waals surface area contributed by atoms with E-state index in [1.807, 2.05) is 6.07 Å². The van der Waals surface area contributed by atoms with Gasteiger partial charge in [0.25, 0.3) is 0 Å². The van der Waals surface area contributed by atoms with Crippen molar-refractivity contribution in [1.29, 1.82) is 5.26 Å². The van der Waals surface area contributed by atoms with Gasteiger partial charge in [0.2, 0.25) is 5.91 Å². The number of carboxylic acid groups (broad SMARTS) is 1. The summed E-state index contributed by atoms with van der Waals surface area (Å²) in [5.41, 5.74) is -0.500. The lowest BCUT2D eigenvalue weighted by molar-refractivity contribution is -0.143. The number of nitrogens with one attached hydrogen (secondary N) is 1. The molecular weight excluding hydrogens is 313 g/mol. The van der Waals surface area contributed by atoms with E-state index in [4.69, 9.17) is 10.4 Å². The average Bonchev–Trinajstić information content (AvgIpc) is 2.44. The van der Waals surface area contributed by atoms with E-state index in [9.17, 15) is 22.8 Å². The van der Waals surface area contributed by atoms with E-state index >= 15 is 0 Å². The number of rotatable bonds is 6. The van der Waals surface area contributed by atoms with Crippen LogP contribution in [-0.4, -0.2) is 23.0 Å². The Hall–Kier alpha value is -2.56. The van der Waals surface area contributed by atoms with Crippen molar-refractivity contribution in [3.05, 3.63) is 35.4 Å². The summed E-state index contributed by atoms with van der Waals surface area (Å²) in [6.45, 7) is 1.51. The van der Waals surface area contributed by atoms with Crippen molar-refractivity contribution in [2.24, 2.45) is 5.92 Å². The van der Waals surface area contributed by atoms with Gasteiger partial charge >= 0.3 is 12.1 Å². The van der Waals surface area contributed by atoms with Crippen molar-refractivity contribution in [2.45, 2.75) is 32.0 Å². The molecule has 5 nitrogen and oxygen atoms in total. The highest BCUT2D eigenvalue weighted by Crippen LogP contribution is 2.29. The number of benzene rings is 1. The smallest absolute Gasteiger partial charge is 0.416 e. The van der Waals surface area contributed by atoms with E-state index < -0.39 is 35.6 Å². The van der Waals surface area contributed by atoms with Gasteiger partial charge in [-0.3, -0.25) is 4.79 Å². The van der Waals surface area contributed by atoms with Gasteiger partial charge < -0.3 is 10.4 Å². The van der Waals surface area contributed by atoms with Crippen LogP contribution in [0.25, 0.3) is 0 Å². The third kappa shape index (κ3) is 5.62. The van der Waals surface area contributed by atoms with Crippen molar-refractivity contribution in [3.63, 3.8) is 0 Å². The van der Waals surface area contributed by atoms with Crippen molar-refractivity contribution >= 4 is 11.9 Å². The van der Waals surface area contributed by atoms with Gasteiger partial charge in [0.05, 0.1) is 18.1 Å². The lowest BCUT2D eigenvalue weighted by Crippen LogP contribution is -2.45. The fourth-order valence-electron chi connectivity index (χ4n) is 1.93. The molecule has 0 unspecified atom stereocenters. The molecule has 0 spiro atoms. The number of hydrogen-bond acceptors (Lipinski definition) is 3. The molecule has 0 aliphatic heterocycles. The Labute approximate surface area is 130 Å². The second-order valence-electron chi connectivity index (χ2n) is 5.09. The topological polar surface area (TPSA) is 90.2 Å². The van der Waals surface area contributed by atoms with Crippen LogP contribution in [-0.2, 0) is 22.2 Å². The highest BCUT2D eigenvalue weighted by molar-refractivity contribution is 5.85. The maximum absolute atomic E-state index is 12.4. The zero-order valence-corrected chi connectivity index (χ0v) is 12.2. The molecular formula is C15H15F3N2O3. The first-order valence-electron chi connectivity index (χ1n) is 6.70. The Morgan fingerprint density at radius 2 is 1.87 bits per heavy atom. The predicted molar refractivity (Wildman–Crippen MR) is 74.1 cm³/mol. The van der Waals surface area contributed by atoms with Gasteiger partial charge in [0.15, 0.2) is 0 Å². The molecule has 0 heterocycles. The second-order valence-corrected chi connectivity index (χ2v) is 5.09. The lowest BCUT2D eigenvalue weighted by Gasteiger charge is -2.19. The van der Waals surface area contributed by atoms with Crippen molar-refractivity contribution in [3.8, 4) is 6.07 Å². The zero-order chi connectivity index (χ0) is 17.6. The van der Waals surface area contributed by atoms with Crippen molar-refractivity contribution in [1.82, 2.24) is 5.32 Å². The molecule has 0 aliphatic carbocycles. The third-order valence-corrected chi connectivity index (χ3v) is 3.21. The molecule has 0 bridgehead atoms. The van der Waals surface area contributed by atoms with Crippen LogP contribution in [0.3, 0.4) is 0 Å². The van der Waals surface area contributed by atoms with Gasteiger partial charge in [-0.15, -0.1) is 0 Å².